The highest BCUT2D eigenvalue weighted by molar-refractivity contribution is 6.10. The molecule has 2 fully saturated rings. The number of nitrogens with one attached hydrogen (secondary N) is 1. The van der Waals surface area contributed by atoms with Crippen LogP contribution < -0.4 is 31.3 Å². The van der Waals surface area contributed by atoms with Crippen LogP contribution in [0, 0.1) is 6.92 Å². The average molecular weight is 734 g/mol. The Hall–Kier alpha value is -5.52. The maximum Gasteiger partial charge on any atom is 0.264 e. The van der Waals surface area contributed by atoms with Crippen LogP contribution in [-0.4, -0.2) is 60.9 Å². The van der Waals surface area contributed by atoms with Crippen LogP contribution in [0.1, 0.15) is 66.3 Å². The number of anilines is 4. The summed E-state index contributed by atoms with van der Waals surface area (Å²) in [6.45, 7) is 4.82. The van der Waals surface area contributed by atoms with E-state index in [1.165, 1.54) is 11.8 Å². The summed E-state index contributed by atoms with van der Waals surface area (Å²) in [5.41, 5.74) is 14.3. The summed E-state index contributed by atoms with van der Waals surface area (Å²) >= 11 is 0. The van der Waals surface area contributed by atoms with Gasteiger partial charge in [-0.15, -0.1) is 0 Å². The van der Waals surface area contributed by atoms with Crippen LogP contribution in [0.3, 0.4) is 0 Å². The number of pyridine rings is 1. The number of hydrogen-bond acceptors (Lipinski definition) is 8. The standard InChI is InChI=1S/C42H45F2N7O3/c1-25-19-33-35(48(2)42(25)54)6-3-7-36(33)50-15-4-5-26-21-31(32(40(43)44)22-38(26)50)28(23-45)24-46-29-13-16-49(17-14-29)30-8-9-34-27(20-30)12-18-51(34)37-10-11-39(52)47-41(37)53/h3,6-9,19-24,29,37,40H,4-5,10-18,45H2,1-2H3,(H,47,52,53)/b28-23+,46-24?. The maximum atomic E-state index is 14.8. The number of carbonyl (C=O) groups excluding carboxylic acids is 2. The SMILES string of the molecule is Cc1cc2c(N3CCCc4cc(/C(C=NC5CCN(c6ccc7c(c6)CCN7C6CCC(=O)NC6=O)CC5)=C/N)c(C(F)F)cc43)cccc2n(C)c1=O. The minimum Gasteiger partial charge on any atom is -0.404 e. The van der Waals surface area contributed by atoms with Crippen molar-refractivity contribution in [2.45, 2.75) is 70.4 Å². The van der Waals surface area contributed by atoms with Crippen molar-refractivity contribution in [3.8, 4) is 0 Å². The third-order valence-corrected chi connectivity index (χ3v) is 11.6. The minimum atomic E-state index is -2.72. The summed E-state index contributed by atoms with van der Waals surface area (Å²) in [5, 5.41) is 3.38. The lowest BCUT2D eigenvalue weighted by molar-refractivity contribution is -0.134. The molecule has 0 saturated carbocycles. The third kappa shape index (κ3) is 6.41. The first-order valence-corrected chi connectivity index (χ1v) is 18.9. The predicted molar refractivity (Wildman–Crippen MR) is 210 cm³/mol. The fourth-order valence-corrected chi connectivity index (χ4v) is 8.77. The topological polar surface area (TPSA) is 116 Å². The van der Waals surface area contributed by atoms with E-state index in [1.54, 1.807) is 30.8 Å². The van der Waals surface area contributed by atoms with Gasteiger partial charge in [-0.3, -0.25) is 24.7 Å². The number of nitrogens with zero attached hydrogens (tertiary/aromatic N) is 5. The van der Waals surface area contributed by atoms with E-state index in [2.05, 4.69) is 38.2 Å². The van der Waals surface area contributed by atoms with Gasteiger partial charge in [0.05, 0.1) is 17.2 Å². The van der Waals surface area contributed by atoms with Crippen molar-refractivity contribution < 1.29 is 18.4 Å². The van der Waals surface area contributed by atoms with E-state index >= 15 is 0 Å². The second kappa shape index (κ2) is 14.4. The quantitative estimate of drug-likeness (QED) is 0.175. The van der Waals surface area contributed by atoms with Crippen molar-refractivity contribution in [1.29, 1.82) is 0 Å². The zero-order valence-corrected chi connectivity index (χ0v) is 30.7. The van der Waals surface area contributed by atoms with Crippen LogP contribution in [0.5, 0.6) is 0 Å². The van der Waals surface area contributed by atoms with E-state index in [9.17, 15) is 23.2 Å². The Labute approximate surface area is 312 Å². The monoisotopic (exact) mass is 733 g/mol. The number of nitrogens with two attached hydrogens (primary N) is 1. The Balaban J connectivity index is 0.980. The molecule has 1 atom stereocenters. The molecular weight excluding hydrogens is 689 g/mol. The lowest BCUT2D eigenvalue weighted by atomic mass is 9.91. The van der Waals surface area contributed by atoms with Crippen LogP contribution in [0.15, 0.2) is 70.6 Å². The molecule has 2 saturated heterocycles. The number of fused-ring (bicyclic) bond motifs is 3. The highest BCUT2D eigenvalue weighted by Gasteiger charge is 2.35. The number of amides is 2. The number of aliphatic imine (C=N–C) groups is 1. The number of aryl methyl sites for hydroxylation is 3. The van der Waals surface area contributed by atoms with Gasteiger partial charge in [-0.25, -0.2) is 8.78 Å². The molecule has 0 spiro atoms. The molecule has 5 heterocycles. The van der Waals surface area contributed by atoms with Gasteiger partial charge in [0.2, 0.25) is 11.8 Å². The molecule has 1 aromatic heterocycles. The predicted octanol–water partition coefficient (Wildman–Crippen LogP) is 6.08. The van der Waals surface area contributed by atoms with E-state index in [-0.39, 0.29) is 35.0 Å². The van der Waals surface area contributed by atoms with Crippen molar-refractivity contribution in [2.24, 2.45) is 17.8 Å². The molecule has 12 heteroatoms. The third-order valence-electron chi connectivity index (χ3n) is 11.6. The molecule has 54 heavy (non-hydrogen) atoms. The van der Waals surface area contributed by atoms with Crippen molar-refractivity contribution >= 4 is 57.3 Å². The van der Waals surface area contributed by atoms with Gasteiger partial charge in [0, 0.05) is 91.2 Å². The van der Waals surface area contributed by atoms with Crippen molar-refractivity contribution in [1.82, 2.24) is 9.88 Å². The maximum absolute atomic E-state index is 14.8. The molecule has 4 aliphatic heterocycles. The number of rotatable bonds is 7. The molecule has 10 nitrogen and oxygen atoms in total. The molecule has 8 rings (SSSR count). The van der Waals surface area contributed by atoms with Gasteiger partial charge in [-0.05, 0) is 111 Å². The number of aromatic nitrogens is 1. The zero-order valence-electron chi connectivity index (χ0n) is 30.7. The molecule has 1 unspecified atom stereocenters. The molecule has 0 aliphatic carbocycles. The van der Waals surface area contributed by atoms with Gasteiger partial charge in [0.15, 0.2) is 0 Å². The number of hydrogen-bond donors (Lipinski definition) is 2. The van der Waals surface area contributed by atoms with Crippen LogP contribution in [-0.2, 0) is 29.5 Å². The second-order valence-electron chi connectivity index (χ2n) is 14.9. The normalized spacial score (nSPS) is 19.6. The molecule has 280 valence electrons. The van der Waals surface area contributed by atoms with Gasteiger partial charge in [-0.1, -0.05) is 6.07 Å². The highest BCUT2D eigenvalue weighted by atomic mass is 19.3. The van der Waals surface area contributed by atoms with Gasteiger partial charge >= 0.3 is 0 Å². The Kier molecular flexibility index (Phi) is 9.45. The summed E-state index contributed by atoms with van der Waals surface area (Å²) in [7, 11) is 1.76. The molecule has 4 aliphatic rings. The summed E-state index contributed by atoms with van der Waals surface area (Å²) in [6, 6.07) is 17.3. The van der Waals surface area contributed by atoms with E-state index in [1.807, 2.05) is 30.3 Å². The summed E-state index contributed by atoms with van der Waals surface area (Å²) in [6.07, 6.45) is 5.28. The van der Waals surface area contributed by atoms with Crippen molar-refractivity contribution in [3.05, 3.63) is 99.0 Å². The first-order chi connectivity index (χ1) is 26.1. The summed E-state index contributed by atoms with van der Waals surface area (Å²) < 4.78 is 31.3. The van der Waals surface area contributed by atoms with E-state index in [0.29, 0.717) is 36.1 Å². The number of imide groups is 1. The number of halogens is 2. The van der Waals surface area contributed by atoms with Gasteiger partial charge in [-0.2, -0.15) is 0 Å². The Morgan fingerprint density at radius 2 is 1.70 bits per heavy atom. The zero-order chi connectivity index (χ0) is 37.7. The van der Waals surface area contributed by atoms with E-state index < -0.39 is 6.43 Å². The molecule has 4 aromatic rings. The first kappa shape index (κ1) is 35.5. The van der Waals surface area contributed by atoms with Crippen LogP contribution in [0.25, 0.3) is 16.5 Å². The fraction of sp³-hybridized carbons (Fsp3) is 0.381. The largest absolute Gasteiger partial charge is 0.404 e. The molecule has 2 amide bonds. The van der Waals surface area contributed by atoms with Crippen LogP contribution in [0.2, 0.25) is 0 Å². The van der Waals surface area contributed by atoms with Gasteiger partial charge in [0.25, 0.3) is 12.0 Å². The number of carbonyl (C=O) groups is 2. The van der Waals surface area contributed by atoms with E-state index in [4.69, 9.17) is 10.7 Å². The van der Waals surface area contributed by atoms with Crippen molar-refractivity contribution in [2.75, 3.05) is 40.9 Å². The van der Waals surface area contributed by atoms with Gasteiger partial charge in [0.1, 0.15) is 6.04 Å². The van der Waals surface area contributed by atoms with E-state index in [0.717, 1.165) is 91.0 Å². The fourth-order valence-electron chi connectivity index (χ4n) is 8.77. The Bertz CT molecular complexity index is 2270. The number of allylic oxidation sites excluding steroid dienone is 1. The molecule has 0 bridgehead atoms. The summed E-state index contributed by atoms with van der Waals surface area (Å²) in [5.74, 6) is -0.424. The molecular formula is C42H45F2N7O3. The molecule has 3 N–H and O–H groups in total. The minimum absolute atomic E-state index is 0.0301. The number of alkyl halides is 2. The second-order valence-corrected chi connectivity index (χ2v) is 14.9. The first-order valence-electron chi connectivity index (χ1n) is 18.9. The molecule has 0 radical (unpaired) electrons. The lowest BCUT2D eigenvalue weighted by Gasteiger charge is -2.34. The lowest BCUT2D eigenvalue weighted by Crippen LogP contribution is -2.52. The average Bonchev–Trinajstić information content (AvgIpc) is 3.60. The van der Waals surface area contributed by atoms with Crippen molar-refractivity contribution in [3.63, 3.8) is 0 Å². The Morgan fingerprint density at radius 1 is 0.907 bits per heavy atom. The molecule has 3 aromatic carbocycles. The highest BCUT2D eigenvalue weighted by Crippen LogP contribution is 2.42. The van der Waals surface area contributed by atoms with Crippen LogP contribution in [0.4, 0.5) is 31.5 Å². The smallest absolute Gasteiger partial charge is 0.264 e. The number of benzene rings is 3. The van der Waals surface area contributed by atoms with Gasteiger partial charge < -0.3 is 25.0 Å². The summed E-state index contributed by atoms with van der Waals surface area (Å²) in [4.78, 5) is 48.3. The number of piperidine rings is 2. The van der Waals surface area contributed by atoms with Crippen LogP contribution >= 0.6 is 0 Å². The Morgan fingerprint density at radius 3 is 2.46 bits per heavy atom.